The Bertz CT molecular complexity index is 1190. The summed E-state index contributed by atoms with van der Waals surface area (Å²) in [5.74, 6) is 1.28. The monoisotopic (exact) mass is 434 g/mol. The SMILES string of the molecule is CCCc1cc(Sc2ccc(NC(=O)Nc3cccc(OC)c3)cc2)n2ncnc2n1. The summed E-state index contributed by atoms with van der Waals surface area (Å²) in [6.07, 6.45) is 3.41. The topological polar surface area (TPSA) is 93.4 Å². The number of urea groups is 1. The molecule has 0 aliphatic carbocycles. The molecule has 4 rings (SSSR count). The van der Waals surface area contributed by atoms with Gasteiger partial charge in [0.2, 0.25) is 0 Å². The summed E-state index contributed by atoms with van der Waals surface area (Å²) in [6, 6.07) is 16.5. The number of anilines is 2. The molecule has 158 valence electrons. The minimum atomic E-state index is -0.323. The molecule has 2 aromatic carbocycles. The van der Waals surface area contributed by atoms with Crippen LogP contribution in [0.15, 0.2) is 70.8 Å². The molecule has 8 nitrogen and oxygen atoms in total. The van der Waals surface area contributed by atoms with Gasteiger partial charge in [-0.15, -0.1) is 0 Å². The zero-order valence-corrected chi connectivity index (χ0v) is 18.0. The number of ether oxygens (including phenoxy) is 1. The van der Waals surface area contributed by atoms with E-state index in [9.17, 15) is 4.79 Å². The fourth-order valence-electron chi connectivity index (χ4n) is 3.01. The van der Waals surface area contributed by atoms with Crippen LogP contribution in [0.5, 0.6) is 5.75 Å². The van der Waals surface area contributed by atoms with Crippen LogP contribution in [0.2, 0.25) is 0 Å². The van der Waals surface area contributed by atoms with E-state index >= 15 is 0 Å². The number of rotatable bonds is 7. The number of nitrogens with one attached hydrogen (secondary N) is 2. The molecule has 2 heterocycles. The Morgan fingerprint density at radius 2 is 1.90 bits per heavy atom. The lowest BCUT2D eigenvalue weighted by Gasteiger charge is -2.10. The number of amides is 2. The maximum absolute atomic E-state index is 12.3. The molecule has 0 fully saturated rings. The van der Waals surface area contributed by atoms with Crippen LogP contribution in [0, 0.1) is 0 Å². The number of fused-ring (bicyclic) bond motifs is 1. The highest BCUT2D eigenvalue weighted by Crippen LogP contribution is 2.29. The Kier molecular flexibility index (Phi) is 6.32. The third kappa shape index (κ3) is 5.13. The molecular weight excluding hydrogens is 412 g/mol. The Labute approximate surface area is 184 Å². The van der Waals surface area contributed by atoms with E-state index in [1.165, 1.54) is 6.33 Å². The van der Waals surface area contributed by atoms with E-state index in [-0.39, 0.29) is 6.03 Å². The zero-order valence-electron chi connectivity index (χ0n) is 17.2. The molecular formula is C22H22N6O2S. The fraction of sp³-hybridized carbons (Fsp3) is 0.182. The summed E-state index contributed by atoms with van der Waals surface area (Å²) in [6.45, 7) is 2.12. The Balaban J connectivity index is 1.43. The van der Waals surface area contributed by atoms with Gasteiger partial charge in [-0.2, -0.15) is 14.6 Å². The second-order valence-electron chi connectivity index (χ2n) is 6.75. The van der Waals surface area contributed by atoms with Crippen LogP contribution >= 0.6 is 11.8 Å². The quantitative estimate of drug-likeness (QED) is 0.403. The Hall–Kier alpha value is -3.59. The molecule has 0 saturated heterocycles. The molecule has 0 saturated carbocycles. The lowest BCUT2D eigenvalue weighted by molar-refractivity contribution is 0.262. The van der Waals surface area contributed by atoms with Gasteiger partial charge in [-0.05, 0) is 48.9 Å². The van der Waals surface area contributed by atoms with Crippen LogP contribution in [-0.4, -0.2) is 32.7 Å². The largest absolute Gasteiger partial charge is 0.497 e. The molecule has 0 spiro atoms. The molecule has 0 aliphatic rings. The number of aromatic nitrogens is 4. The number of hydrogen-bond donors (Lipinski definition) is 2. The minimum absolute atomic E-state index is 0.323. The first-order valence-electron chi connectivity index (χ1n) is 9.84. The molecule has 31 heavy (non-hydrogen) atoms. The maximum atomic E-state index is 12.3. The van der Waals surface area contributed by atoms with Gasteiger partial charge < -0.3 is 15.4 Å². The van der Waals surface area contributed by atoms with E-state index in [2.05, 4.69) is 32.6 Å². The smallest absolute Gasteiger partial charge is 0.323 e. The van der Waals surface area contributed by atoms with E-state index in [1.54, 1.807) is 35.5 Å². The summed E-state index contributed by atoms with van der Waals surface area (Å²) < 4.78 is 6.90. The van der Waals surface area contributed by atoms with Gasteiger partial charge >= 0.3 is 6.03 Å². The molecule has 2 amide bonds. The number of methoxy groups -OCH3 is 1. The van der Waals surface area contributed by atoms with Crippen LogP contribution in [0.25, 0.3) is 5.78 Å². The van der Waals surface area contributed by atoms with Crippen molar-refractivity contribution in [2.24, 2.45) is 0 Å². The minimum Gasteiger partial charge on any atom is -0.497 e. The fourth-order valence-corrected chi connectivity index (χ4v) is 3.93. The van der Waals surface area contributed by atoms with E-state index in [0.29, 0.717) is 22.9 Å². The van der Waals surface area contributed by atoms with Gasteiger partial charge in [0.1, 0.15) is 17.1 Å². The van der Waals surface area contributed by atoms with Crippen LogP contribution in [0.3, 0.4) is 0 Å². The van der Waals surface area contributed by atoms with Gasteiger partial charge in [0, 0.05) is 28.0 Å². The first kappa shape index (κ1) is 20.7. The molecule has 4 aromatic rings. The Morgan fingerprint density at radius 1 is 1.10 bits per heavy atom. The van der Waals surface area contributed by atoms with Gasteiger partial charge in [-0.25, -0.2) is 9.78 Å². The lowest BCUT2D eigenvalue weighted by atomic mass is 10.2. The van der Waals surface area contributed by atoms with Crippen LogP contribution in [-0.2, 0) is 6.42 Å². The lowest BCUT2D eigenvalue weighted by Crippen LogP contribution is -2.19. The van der Waals surface area contributed by atoms with Crippen LogP contribution in [0.4, 0.5) is 16.2 Å². The molecule has 2 N–H and O–H groups in total. The van der Waals surface area contributed by atoms with Gasteiger partial charge in [0.05, 0.1) is 7.11 Å². The van der Waals surface area contributed by atoms with E-state index in [1.807, 2.05) is 42.5 Å². The van der Waals surface area contributed by atoms with Crippen molar-refractivity contribution in [1.29, 1.82) is 0 Å². The van der Waals surface area contributed by atoms with Crippen molar-refractivity contribution in [2.75, 3.05) is 17.7 Å². The summed E-state index contributed by atoms with van der Waals surface area (Å²) in [5, 5.41) is 10.8. The predicted octanol–water partition coefficient (Wildman–Crippen LogP) is 4.88. The molecule has 0 atom stereocenters. The van der Waals surface area contributed by atoms with Crippen LogP contribution in [0.1, 0.15) is 19.0 Å². The number of hydrogen-bond acceptors (Lipinski definition) is 6. The third-order valence-electron chi connectivity index (χ3n) is 4.44. The Morgan fingerprint density at radius 3 is 2.68 bits per heavy atom. The van der Waals surface area contributed by atoms with Crippen molar-refractivity contribution in [1.82, 2.24) is 19.6 Å². The normalized spacial score (nSPS) is 10.8. The predicted molar refractivity (Wildman–Crippen MR) is 121 cm³/mol. The molecule has 0 aliphatic heterocycles. The molecule has 0 unspecified atom stereocenters. The standard InChI is InChI=1S/C22H22N6O2S/c1-3-5-16-13-20(28-21(25-16)23-14-24-28)31-19-10-8-15(9-11-19)26-22(29)27-17-6-4-7-18(12-17)30-2/h4,6-14H,3,5H2,1-2H3,(H2,26,27,29). The highest BCUT2D eigenvalue weighted by molar-refractivity contribution is 7.99. The number of benzene rings is 2. The average Bonchev–Trinajstić information content (AvgIpc) is 3.24. The first-order chi connectivity index (χ1) is 15.1. The average molecular weight is 435 g/mol. The van der Waals surface area contributed by atoms with Crippen molar-refractivity contribution in [3.63, 3.8) is 0 Å². The molecule has 0 radical (unpaired) electrons. The number of nitrogens with zero attached hydrogens (tertiary/aromatic N) is 4. The first-order valence-corrected chi connectivity index (χ1v) is 10.7. The number of carbonyl (C=O) groups excluding carboxylic acids is 1. The van der Waals surface area contributed by atoms with E-state index in [0.717, 1.165) is 28.5 Å². The third-order valence-corrected chi connectivity index (χ3v) is 5.45. The van der Waals surface area contributed by atoms with Crippen molar-refractivity contribution in [3.8, 4) is 5.75 Å². The zero-order chi connectivity index (χ0) is 21.6. The van der Waals surface area contributed by atoms with Crippen molar-refractivity contribution >= 4 is 34.9 Å². The summed E-state index contributed by atoms with van der Waals surface area (Å²) >= 11 is 1.57. The van der Waals surface area contributed by atoms with E-state index < -0.39 is 0 Å². The van der Waals surface area contributed by atoms with Crippen molar-refractivity contribution < 1.29 is 9.53 Å². The highest BCUT2D eigenvalue weighted by Gasteiger charge is 2.10. The van der Waals surface area contributed by atoms with Gasteiger partial charge in [0.25, 0.3) is 5.78 Å². The van der Waals surface area contributed by atoms with E-state index in [4.69, 9.17) is 4.74 Å². The number of aryl methyl sites for hydroxylation is 1. The van der Waals surface area contributed by atoms with Gasteiger partial charge in [0.15, 0.2) is 0 Å². The second kappa shape index (κ2) is 9.48. The number of carbonyl (C=O) groups is 1. The molecule has 2 aromatic heterocycles. The molecule has 9 heteroatoms. The van der Waals surface area contributed by atoms with Gasteiger partial charge in [-0.1, -0.05) is 31.2 Å². The van der Waals surface area contributed by atoms with Crippen LogP contribution < -0.4 is 15.4 Å². The summed E-state index contributed by atoms with van der Waals surface area (Å²) in [4.78, 5) is 22.1. The summed E-state index contributed by atoms with van der Waals surface area (Å²) in [5.41, 5.74) is 2.34. The van der Waals surface area contributed by atoms with Crippen molar-refractivity contribution in [2.45, 2.75) is 29.7 Å². The maximum Gasteiger partial charge on any atom is 0.323 e. The van der Waals surface area contributed by atoms with Crippen molar-refractivity contribution in [3.05, 3.63) is 66.6 Å². The highest BCUT2D eigenvalue weighted by atomic mass is 32.2. The second-order valence-corrected chi connectivity index (χ2v) is 7.84. The van der Waals surface area contributed by atoms with Gasteiger partial charge in [-0.3, -0.25) is 0 Å². The summed E-state index contributed by atoms with van der Waals surface area (Å²) in [7, 11) is 1.59. The molecule has 0 bridgehead atoms.